The lowest BCUT2D eigenvalue weighted by Crippen LogP contribution is -2.19. The summed E-state index contributed by atoms with van der Waals surface area (Å²) in [6.45, 7) is 2.09. The van der Waals surface area contributed by atoms with Crippen LogP contribution in [0.15, 0.2) is 29.4 Å². The summed E-state index contributed by atoms with van der Waals surface area (Å²) in [5, 5.41) is 4.07. The third-order valence-corrected chi connectivity index (χ3v) is 3.31. The van der Waals surface area contributed by atoms with Gasteiger partial charge >= 0.3 is 0 Å². The van der Waals surface area contributed by atoms with Gasteiger partial charge in [-0.1, -0.05) is 42.2 Å². The van der Waals surface area contributed by atoms with Gasteiger partial charge in [0.25, 0.3) is 0 Å². The van der Waals surface area contributed by atoms with E-state index in [1.165, 1.54) is 11.1 Å². The summed E-state index contributed by atoms with van der Waals surface area (Å²) in [5.41, 5.74) is 10.9. The van der Waals surface area contributed by atoms with Crippen LogP contribution in [0.1, 0.15) is 36.8 Å². The number of hydrogen-bond donors (Lipinski definition) is 0. The van der Waals surface area contributed by atoms with E-state index in [1.54, 1.807) is 0 Å². The average Bonchev–Trinajstić information content (AvgIpc) is 2.69. The summed E-state index contributed by atoms with van der Waals surface area (Å²) in [7, 11) is 0. The van der Waals surface area contributed by atoms with Crippen molar-refractivity contribution in [2.24, 2.45) is 5.11 Å². The van der Waals surface area contributed by atoms with Crippen molar-refractivity contribution >= 4 is 0 Å². The molecule has 0 N–H and O–H groups in total. The van der Waals surface area contributed by atoms with Gasteiger partial charge in [-0.15, -0.1) is 0 Å². The maximum Gasteiger partial charge on any atom is 0.0740 e. The minimum Gasteiger partial charge on any atom is -0.0825 e. The van der Waals surface area contributed by atoms with E-state index in [4.69, 9.17) is 5.53 Å². The topological polar surface area (TPSA) is 48.8 Å². The maximum atomic E-state index is 8.70. The smallest absolute Gasteiger partial charge is 0.0740 e. The van der Waals surface area contributed by atoms with Gasteiger partial charge in [0.15, 0.2) is 0 Å². The molecular weight excluding hydrogens is 186 g/mol. The predicted octanol–water partition coefficient (Wildman–Crippen LogP) is 4.07. The Morgan fingerprint density at radius 2 is 1.93 bits per heavy atom. The fraction of sp³-hybridized carbons (Fsp3) is 0.500. The molecule has 0 bridgehead atoms. The van der Waals surface area contributed by atoms with Gasteiger partial charge in [0.1, 0.15) is 0 Å². The zero-order chi connectivity index (χ0) is 10.7. The van der Waals surface area contributed by atoms with Gasteiger partial charge in [-0.25, -0.2) is 0 Å². The quantitative estimate of drug-likeness (QED) is 0.393. The number of rotatable bonds is 2. The SMILES string of the molecule is Cc1ccccc1C1(N=[N+]=[N-])CCCC1. The second-order valence-corrected chi connectivity index (χ2v) is 4.24. The molecule has 0 atom stereocenters. The molecule has 78 valence electrons. The van der Waals surface area contributed by atoms with Crippen LogP contribution in [0, 0.1) is 6.92 Å². The fourth-order valence-electron chi connectivity index (χ4n) is 2.56. The number of aryl methyl sites for hydroxylation is 1. The molecule has 15 heavy (non-hydrogen) atoms. The fourth-order valence-corrected chi connectivity index (χ4v) is 2.56. The van der Waals surface area contributed by atoms with Crippen LogP contribution in [-0.4, -0.2) is 0 Å². The van der Waals surface area contributed by atoms with Crippen molar-refractivity contribution < 1.29 is 0 Å². The molecule has 1 aliphatic rings. The van der Waals surface area contributed by atoms with E-state index in [0.29, 0.717) is 0 Å². The molecule has 1 aromatic carbocycles. The standard InChI is InChI=1S/C12H15N3/c1-10-6-2-3-7-11(10)12(14-15-13)8-4-5-9-12/h2-3,6-7H,4-5,8-9H2,1H3. The molecule has 0 amide bonds. The zero-order valence-corrected chi connectivity index (χ0v) is 8.98. The maximum absolute atomic E-state index is 8.70. The van der Waals surface area contributed by atoms with Crippen LogP contribution >= 0.6 is 0 Å². The molecular formula is C12H15N3. The summed E-state index contributed by atoms with van der Waals surface area (Å²) in [4.78, 5) is 3.03. The van der Waals surface area contributed by atoms with E-state index in [1.807, 2.05) is 12.1 Å². The van der Waals surface area contributed by atoms with Crippen molar-refractivity contribution in [1.82, 2.24) is 0 Å². The normalized spacial score (nSPS) is 18.5. The van der Waals surface area contributed by atoms with Crippen LogP contribution in [0.5, 0.6) is 0 Å². The molecule has 0 heterocycles. The van der Waals surface area contributed by atoms with E-state index in [9.17, 15) is 0 Å². The minimum atomic E-state index is -0.264. The highest BCUT2D eigenvalue weighted by molar-refractivity contribution is 5.33. The third kappa shape index (κ3) is 1.71. The number of azide groups is 1. The second kappa shape index (κ2) is 3.95. The zero-order valence-electron chi connectivity index (χ0n) is 8.98. The van der Waals surface area contributed by atoms with Gasteiger partial charge in [-0.2, -0.15) is 0 Å². The number of benzene rings is 1. The molecule has 0 saturated heterocycles. The molecule has 1 aliphatic carbocycles. The first-order valence-corrected chi connectivity index (χ1v) is 5.41. The van der Waals surface area contributed by atoms with Gasteiger partial charge in [-0.05, 0) is 36.4 Å². The highest BCUT2D eigenvalue weighted by Crippen LogP contribution is 2.43. The lowest BCUT2D eigenvalue weighted by Gasteiger charge is -2.25. The van der Waals surface area contributed by atoms with Crippen LogP contribution < -0.4 is 0 Å². The molecule has 1 saturated carbocycles. The summed E-state index contributed by atoms with van der Waals surface area (Å²) in [6, 6.07) is 8.23. The molecule has 0 aliphatic heterocycles. The predicted molar refractivity (Wildman–Crippen MR) is 60.5 cm³/mol. The van der Waals surface area contributed by atoms with E-state index < -0.39 is 0 Å². The van der Waals surface area contributed by atoms with Crippen LogP contribution in [0.3, 0.4) is 0 Å². The van der Waals surface area contributed by atoms with Gasteiger partial charge in [0.2, 0.25) is 0 Å². The third-order valence-electron chi connectivity index (χ3n) is 3.31. The highest BCUT2D eigenvalue weighted by atomic mass is 15.2. The van der Waals surface area contributed by atoms with E-state index in [0.717, 1.165) is 25.7 Å². The Morgan fingerprint density at radius 1 is 1.27 bits per heavy atom. The van der Waals surface area contributed by atoms with Crippen LogP contribution in [0.4, 0.5) is 0 Å². The van der Waals surface area contributed by atoms with Crippen LogP contribution in [-0.2, 0) is 5.54 Å². The highest BCUT2D eigenvalue weighted by Gasteiger charge is 2.35. The molecule has 0 radical (unpaired) electrons. The van der Waals surface area contributed by atoms with E-state index in [2.05, 4.69) is 29.1 Å². The molecule has 0 spiro atoms. The Kier molecular flexibility index (Phi) is 2.65. The monoisotopic (exact) mass is 201 g/mol. The Morgan fingerprint density at radius 3 is 2.53 bits per heavy atom. The molecule has 0 aromatic heterocycles. The van der Waals surface area contributed by atoms with Gasteiger partial charge in [0.05, 0.1) is 5.54 Å². The lowest BCUT2D eigenvalue weighted by molar-refractivity contribution is 0.457. The Hall–Kier alpha value is -1.47. The number of nitrogens with zero attached hydrogens (tertiary/aromatic N) is 3. The van der Waals surface area contributed by atoms with Crippen molar-refractivity contribution in [2.75, 3.05) is 0 Å². The summed E-state index contributed by atoms with van der Waals surface area (Å²) >= 11 is 0. The first-order valence-electron chi connectivity index (χ1n) is 5.41. The van der Waals surface area contributed by atoms with Gasteiger partial charge in [0, 0.05) is 4.91 Å². The van der Waals surface area contributed by atoms with Crippen LogP contribution in [0.25, 0.3) is 10.4 Å². The first kappa shape index (κ1) is 10.1. The summed E-state index contributed by atoms with van der Waals surface area (Å²) < 4.78 is 0. The summed E-state index contributed by atoms with van der Waals surface area (Å²) in [5.74, 6) is 0. The molecule has 2 rings (SSSR count). The largest absolute Gasteiger partial charge is 0.0825 e. The second-order valence-electron chi connectivity index (χ2n) is 4.24. The molecule has 3 heteroatoms. The van der Waals surface area contributed by atoms with Crippen LogP contribution in [0.2, 0.25) is 0 Å². The lowest BCUT2D eigenvalue weighted by atomic mass is 9.86. The molecule has 1 aromatic rings. The molecule has 0 unspecified atom stereocenters. The van der Waals surface area contributed by atoms with E-state index >= 15 is 0 Å². The minimum absolute atomic E-state index is 0.264. The van der Waals surface area contributed by atoms with Gasteiger partial charge < -0.3 is 0 Å². The average molecular weight is 201 g/mol. The first-order chi connectivity index (χ1) is 7.28. The van der Waals surface area contributed by atoms with Crippen molar-refractivity contribution in [3.8, 4) is 0 Å². The Balaban J connectivity index is 2.50. The summed E-state index contributed by atoms with van der Waals surface area (Å²) in [6.07, 6.45) is 4.30. The van der Waals surface area contributed by atoms with Crippen molar-refractivity contribution in [3.63, 3.8) is 0 Å². The van der Waals surface area contributed by atoms with Crippen molar-refractivity contribution in [2.45, 2.75) is 38.1 Å². The molecule has 1 fully saturated rings. The Bertz CT molecular complexity index is 399. The van der Waals surface area contributed by atoms with Crippen molar-refractivity contribution in [1.29, 1.82) is 0 Å². The van der Waals surface area contributed by atoms with Gasteiger partial charge in [-0.3, -0.25) is 0 Å². The Labute approximate surface area is 89.7 Å². The van der Waals surface area contributed by atoms with E-state index in [-0.39, 0.29) is 5.54 Å². The van der Waals surface area contributed by atoms with Crippen molar-refractivity contribution in [3.05, 3.63) is 45.8 Å². The molecule has 3 nitrogen and oxygen atoms in total. The number of hydrogen-bond acceptors (Lipinski definition) is 1.